The number of aromatic nitrogens is 6. The first-order valence-electron chi connectivity index (χ1n) is 5.88. The average Bonchev–Trinajstić information content (AvgIpc) is 3.11. The molecule has 0 aliphatic heterocycles. The van der Waals surface area contributed by atoms with Crippen molar-refractivity contribution in [3.05, 3.63) is 48.5 Å². The first kappa shape index (κ1) is 11.2. The van der Waals surface area contributed by atoms with Crippen LogP contribution in [0, 0.1) is 0 Å². The Labute approximate surface area is 115 Å². The zero-order chi connectivity index (χ0) is 13.5. The standard InChI is InChI=1S/C12H8N6OS/c19-20(17-11-7-3-1-5-9(11)13-15-17)18-12-8-4-2-6-10(12)14-16-18/h1-8H. The summed E-state index contributed by atoms with van der Waals surface area (Å²) in [5.41, 5.74) is 2.74. The Bertz CT molecular complexity index is 867. The number of hydrogen-bond acceptors (Lipinski definition) is 5. The second-order valence-electron chi connectivity index (χ2n) is 4.13. The molecule has 20 heavy (non-hydrogen) atoms. The van der Waals surface area contributed by atoms with Gasteiger partial charge in [-0.05, 0) is 24.3 Å². The van der Waals surface area contributed by atoms with Crippen LogP contribution < -0.4 is 0 Å². The van der Waals surface area contributed by atoms with E-state index in [1.165, 1.54) is 8.17 Å². The summed E-state index contributed by atoms with van der Waals surface area (Å²) in [6.45, 7) is 0. The highest BCUT2D eigenvalue weighted by Crippen LogP contribution is 2.15. The third kappa shape index (κ3) is 1.55. The summed E-state index contributed by atoms with van der Waals surface area (Å²) in [5.74, 6) is 0. The van der Waals surface area contributed by atoms with Crippen LogP contribution in [-0.2, 0) is 11.2 Å². The Balaban J connectivity index is 1.92. The van der Waals surface area contributed by atoms with Crippen LogP contribution in [0.25, 0.3) is 22.1 Å². The molecule has 0 saturated carbocycles. The molecule has 0 atom stereocenters. The minimum Gasteiger partial charge on any atom is -0.209 e. The molecule has 4 rings (SSSR count). The fourth-order valence-corrected chi connectivity index (χ4v) is 2.99. The second-order valence-corrected chi connectivity index (χ2v) is 5.29. The molecular formula is C12H8N6OS. The van der Waals surface area contributed by atoms with E-state index in [0.29, 0.717) is 22.1 Å². The molecule has 0 bridgehead atoms. The number of benzene rings is 2. The molecular weight excluding hydrogens is 276 g/mol. The van der Waals surface area contributed by atoms with Crippen LogP contribution in [0.2, 0.25) is 0 Å². The van der Waals surface area contributed by atoms with Crippen LogP contribution in [0.1, 0.15) is 0 Å². The van der Waals surface area contributed by atoms with E-state index in [-0.39, 0.29) is 0 Å². The van der Waals surface area contributed by atoms with Crippen molar-refractivity contribution >= 4 is 33.2 Å². The van der Waals surface area contributed by atoms with E-state index in [0.717, 1.165) is 0 Å². The Kier molecular flexibility index (Phi) is 2.36. The third-order valence-electron chi connectivity index (χ3n) is 2.94. The lowest BCUT2D eigenvalue weighted by molar-refractivity contribution is 0.654. The fourth-order valence-electron chi connectivity index (χ4n) is 2.00. The smallest absolute Gasteiger partial charge is 0.209 e. The summed E-state index contributed by atoms with van der Waals surface area (Å²) in [7, 11) is 0. The molecule has 7 nitrogen and oxygen atoms in total. The van der Waals surface area contributed by atoms with Crippen molar-refractivity contribution in [3.63, 3.8) is 0 Å². The zero-order valence-electron chi connectivity index (χ0n) is 10.1. The van der Waals surface area contributed by atoms with Crippen molar-refractivity contribution in [3.8, 4) is 0 Å². The van der Waals surface area contributed by atoms with E-state index in [9.17, 15) is 4.21 Å². The molecule has 8 heteroatoms. The molecule has 2 aromatic heterocycles. The lowest BCUT2D eigenvalue weighted by atomic mass is 10.3. The minimum atomic E-state index is -1.65. The number of para-hydroxylation sites is 2. The van der Waals surface area contributed by atoms with Gasteiger partial charge in [0.1, 0.15) is 22.1 Å². The lowest BCUT2D eigenvalue weighted by Gasteiger charge is -2.01. The van der Waals surface area contributed by atoms with Gasteiger partial charge in [0.05, 0.1) is 0 Å². The highest BCUT2D eigenvalue weighted by Gasteiger charge is 2.15. The number of rotatable bonds is 2. The molecule has 0 unspecified atom stereocenters. The normalized spacial score (nSPS) is 11.7. The van der Waals surface area contributed by atoms with Gasteiger partial charge in [0.15, 0.2) is 0 Å². The van der Waals surface area contributed by atoms with Crippen LogP contribution in [-0.4, -0.2) is 33.0 Å². The average molecular weight is 284 g/mol. The molecule has 2 heterocycles. The SMILES string of the molecule is O=S(n1nnc2ccccc21)n1nnc2ccccc21. The van der Waals surface area contributed by atoms with E-state index in [2.05, 4.69) is 20.6 Å². The van der Waals surface area contributed by atoms with Crippen molar-refractivity contribution in [2.75, 3.05) is 0 Å². The van der Waals surface area contributed by atoms with E-state index in [1.54, 1.807) is 0 Å². The van der Waals surface area contributed by atoms with E-state index in [1.807, 2.05) is 48.5 Å². The highest BCUT2D eigenvalue weighted by atomic mass is 32.2. The molecule has 2 aromatic carbocycles. The van der Waals surface area contributed by atoms with Crippen molar-refractivity contribution in [2.45, 2.75) is 0 Å². The second kappa shape index (κ2) is 4.20. The molecule has 0 radical (unpaired) electrons. The maximum absolute atomic E-state index is 12.6. The van der Waals surface area contributed by atoms with Crippen molar-refractivity contribution in [1.82, 2.24) is 28.8 Å². The zero-order valence-corrected chi connectivity index (χ0v) is 10.9. The van der Waals surface area contributed by atoms with Gasteiger partial charge in [-0.15, -0.1) is 18.4 Å². The predicted octanol–water partition coefficient (Wildman–Crippen LogP) is 1.15. The lowest BCUT2D eigenvalue weighted by Crippen LogP contribution is -2.16. The molecule has 0 fully saturated rings. The van der Waals surface area contributed by atoms with Gasteiger partial charge < -0.3 is 0 Å². The van der Waals surface area contributed by atoms with Crippen molar-refractivity contribution in [2.24, 2.45) is 0 Å². The molecule has 0 amide bonds. The van der Waals surface area contributed by atoms with Gasteiger partial charge in [-0.3, -0.25) is 0 Å². The number of fused-ring (bicyclic) bond motifs is 2. The van der Waals surface area contributed by atoms with Gasteiger partial charge in [0, 0.05) is 0 Å². The van der Waals surface area contributed by atoms with Crippen LogP contribution in [0.5, 0.6) is 0 Å². The van der Waals surface area contributed by atoms with Gasteiger partial charge in [0.25, 0.3) is 11.2 Å². The van der Waals surface area contributed by atoms with Crippen LogP contribution >= 0.6 is 0 Å². The monoisotopic (exact) mass is 284 g/mol. The molecule has 0 aliphatic rings. The van der Waals surface area contributed by atoms with Gasteiger partial charge in [-0.2, -0.15) is 0 Å². The van der Waals surface area contributed by atoms with E-state index in [4.69, 9.17) is 0 Å². The summed E-state index contributed by atoms with van der Waals surface area (Å²) in [6.07, 6.45) is 0. The molecule has 0 saturated heterocycles. The third-order valence-corrected chi connectivity index (χ3v) is 4.07. The van der Waals surface area contributed by atoms with E-state index < -0.39 is 11.2 Å². The van der Waals surface area contributed by atoms with Crippen LogP contribution in [0.15, 0.2) is 48.5 Å². The van der Waals surface area contributed by atoms with Gasteiger partial charge in [-0.1, -0.05) is 34.7 Å². The van der Waals surface area contributed by atoms with Crippen molar-refractivity contribution in [1.29, 1.82) is 0 Å². The predicted molar refractivity (Wildman–Crippen MR) is 74.0 cm³/mol. The largest absolute Gasteiger partial charge is 0.271 e. The maximum atomic E-state index is 12.6. The quantitative estimate of drug-likeness (QED) is 0.552. The Hall–Kier alpha value is -2.61. The molecule has 98 valence electrons. The Morgan fingerprint density at radius 1 is 0.750 bits per heavy atom. The van der Waals surface area contributed by atoms with Crippen LogP contribution in [0.3, 0.4) is 0 Å². The number of hydrogen-bond donors (Lipinski definition) is 0. The first-order valence-corrected chi connectivity index (χ1v) is 6.94. The fraction of sp³-hybridized carbons (Fsp3) is 0. The summed E-state index contributed by atoms with van der Waals surface area (Å²) in [4.78, 5) is 0. The highest BCUT2D eigenvalue weighted by molar-refractivity contribution is 7.82. The summed E-state index contributed by atoms with van der Waals surface area (Å²) >= 11 is -1.65. The number of nitrogens with zero attached hydrogens (tertiary/aromatic N) is 6. The minimum absolute atomic E-state index is 0.685. The molecule has 0 N–H and O–H groups in total. The van der Waals surface area contributed by atoms with Gasteiger partial charge >= 0.3 is 0 Å². The van der Waals surface area contributed by atoms with Gasteiger partial charge in [-0.25, -0.2) is 4.21 Å². The Morgan fingerprint density at radius 3 is 1.70 bits per heavy atom. The first-order chi connectivity index (χ1) is 9.84. The van der Waals surface area contributed by atoms with E-state index >= 15 is 0 Å². The molecule has 0 aliphatic carbocycles. The topological polar surface area (TPSA) is 78.5 Å². The molecule has 0 spiro atoms. The maximum Gasteiger partial charge on any atom is 0.271 e. The summed E-state index contributed by atoms with van der Waals surface area (Å²) in [5, 5.41) is 15.8. The molecule has 4 aromatic rings. The summed E-state index contributed by atoms with van der Waals surface area (Å²) < 4.78 is 15.3. The Morgan fingerprint density at radius 2 is 1.20 bits per heavy atom. The van der Waals surface area contributed by atoms with Crippen LogP contribution in [0.4, 0.5) is 0 Å². The van der Waals surface area contributed by atoms with Gasteiger partial charge in [0.2, 0.25) is 0 Å². The van der Waals surface area contributed by atoms with Crippen molar-refractivity contribution < 1.29 is 4.21 Å². The summed E-state index contributed by atoms with van der Waals surface area (Å²) in [6, 6.07) is 14.7.